The molecule has 0 aromatic rings. The van der Waals surface area contributed by atoms with E-state index in [9.17, 15) is 14.7 Å². The molecule has 2 unspecified atom stereocenters. The molecule has 0 bridgehead atoms. The molecule has 3 N–H and O–H groups in total. The highest BCUT2D eigenvalue weighted by Crippen LogP contribution is 2.23. The van der Waals surface area contributed by atoms with Crippen molar-refractivity contribution in [1.82, 2.24) is 10.6 Å². The molecular weight excluding hydrogens is 268 g/mol. The monoisotopic (exact) mass is 298 g/mol. The number of amides is 2. The van der Waals surface area contributed by atoms with Gasteiger partial charge < -0.3 is 15.7 Å². The van der Waals surface area contributed by atoms with Crippen LogP contribution in [0.3, 0.4) is 0 Å². The van der Waals surface area contributed by atoms with Crippen molar-refractivity contribution in [2.75, 3.05) is 13.1 Å². The second-order valence-corrected chi connectivity index (χ2v) is 7.03. The van der Waals surface area contributed by atoms with Gasteiger partial charge in [0.1, 0.15) is 0 Å². The summed E-state index contributed by atoms with van der Waals surface area (Å²) < 4.78 is 0. The van der Waals surface area contributed by atoms with Crippen LogP contribution in [-0.4, -0.2) is 36.1 Å². The van der Waals surface area contributed by atoms with E-state index in [0.29, 0.717) is 25.9 Å². The third-order valence-electron chi connectivity index (χ3n) is 3.98. The fourth-order valence-electron chi connectivity index (χ4n) is 2.48. The van der Waals surface area contributed by atoms with Gasteiger partial charge in [-0.3, -0.25) is 9.59 Å². The Morgan fingerprint density at radius 3 is 2.43 bits per heavy atom. The highest BCUT2D eigenvalue weighted by Gasteiger charge is 2.23. The molecule has 0 radical (unpaired) electrons. The topological polar surface area (TPSA) is 78.4 Å². The average Bonchev–Trinajstić information content (AvgIpc) is 2.41. The fraction of sp³-hybridized carbons (Fsp3) is 0.875. The number of carbonyl (C=O) groups excluding carboxylic acids is 2. The first-order valence-electron chi connectivity index (χ1n) is 8.04. The van der Waals surface area contributed by atoms with E-state index in [0.717, 1.165) is 25.7 Å². The summed E-state index contributed by atoms with van der Waals surface area (Å²) in [5, 5.41) is 15.6. The highest BCUT2D eigenvalue weighted by atomic mass is 16.3. The molecule has 1 saturated carbocycles. The van der Waals surface area contributed by atoms with E-state index in [1.807, 2.05) is 20.8 Å². The summed E-state index contributed by atoms with van der Waals surface area (Å²) in [6.45, 7) is 6.68. The van der Waals surface area contributed by atoms with Crippen LogP contribution in [0, 0.1) is 11.3 Å². The van der Waals surface area contributed by atoms with Crippen LogP contribution in [0.25, 0.3) is 0 Å². The summed E-state index contributed by atoms with van der Waals surface area (Å²) >= 11 is 0. The summed E-state index contributed by atoms with van der Waals surface area (Å²) in [4.78, 5) is 23.4. The molecule has 122 valence electrons. The van der Waals surface area contributed by atoms with Crippen molar-refractivity contribution in [1.29, 1.82) is 0 Å². The number of hydrogen-bond acceptors (Lipinski definition) is 3. The van der Waals surface area contributed by atoms with Gasteiger partial charge in [-0.1, -0.05) is 33.6 Å². The van der Waals surface area contributed by atoms with Crippen LogP contribution in [0.4, 0.5) is 0 Å². The maximum absolute atomic E-state index is 11.7. The van der Waals surface area contributed by atoms with Gasteiger partial charge in [-0.25, -0.2) is 0 Å². The third kappa shape index (κ3) is 6.93. The maximum Gasteiger partial charge on any atom is 0.225 e. The molecule has 1 rings (SSSR count). The zero-order valence-electron chi connectivity index (χ0n) is 13.6. The minimum atomic E-state index is -0.390. The lowest BCUT2D eigenvalue weighted by Gasteiger charge is -2.27. The zero-order valence-corrected chi connectivity index (χ0v) is 13.6. The molecule has 0 saturated heterocycles. The molecule has 0 aliphatic heterocycles. The van der Waals surface area contributed by atoms with Crippen LogP contribution in [-0.2, 0) is 9.59 Å². The zero-order chi connectivity index (χ0) is 15.9. The van der Waals surface area contributed by atoms with Crippen molar-refractivity contribution in [2.24, 2.45) is 11.3 Å². The van der Waals surface area contributed by atoms with Crippen LogP contribution >= 0.6 is 0 Å². The van der Waals surface area contributed by atoms with Crippen molar-refractivity contribution < 1.29 is 14.7 Å². The van der Waals surface area contributed by atoms with Gasteiger partial charge in [-0.15, -0.1) is 0 Å². The highest BCUT2D eigenvalue weighted by molar-refractivity contribution is 5.81. The Hall–Kier alpha value is -1.10. The lowest BCUT2D eigenvalue weighted by Crippen LogP contribution is -2.37. The van der Waals surface area contributed by atoms with Gasteiger partial charge in [-0.2, -0.15) is 0 Å². The van der Waals surface area contributed by atoms with Gasteiger partial charge in [0.05, 0.1) is 6.10 Å². The molecule has 1 fully saturated rings. The summed E-state index contributed by atoms with van der Waals surface area (Å²) in [5.41, 5.74) is -0.390. The lowest BCUT2D eigenvalue weighted by molar-refractivity contribution is -0.128. The second-order valence-electron chi connectivity index (χ2n) is 7.03. The van der Waals surface area contributed by atoms with Crippen LogP contribution in [0.5, 0.6) is 0 Å². The SMILES string of the molecule is CC(C)(C)C(=O)NCCCC(=O)NCC1CCCCC1O. The van der Waals surface area contributed by atoms with Gasteiger partial charge >= 0.3 is 0 Å². The first-order valence-corrected chi connectivity index (χ1v) is 8.04. The van der Waals surface area contributed by atoms with Crippen molar-refractivity contribution >= 4 is 11.8 Å². The Morgan fingerprint density at radius 1 is 1.14 bits per heavy atom. The largest absolute Gasteiger partial charge is 0.393 e. The molecule has 21 heavy (non-hydrogen) atoms. The fourth-order valence-corrected chi connectivity index (χ4v) is 2.48. The summed E-state index contributed by atoms with van der Waals surface area (Å²) in [5.74, 6) is 0.203. The summed E-state index contributed by atoms with van der Waals surface area (Å²) in [6.07, 6.45) is 4.83. The van der Waals surface area contributed by atoms with Crippen molar-refractivity contribution in [3.8, 4) is 0 Å². The molecule has 0 spiro atoms. The minimum absolute atomic E-state index is 0.00205. The molecule has 5 nitrogen and oxygen atoms in total. The van der Waals surface area contributed by atoms with E-state index >= 15 is 0 Å². The van der Waals surface area contributed by atoms with Gasteiger partial charge in [0, 0.05) is 30.8 Å². The van der Waals surface area contributed by atoms with Crippen molar-refractivity contribution in [2.45, 2.75) is 65.4 Å². The number of hydrogen-bond donors (Lipinski definition) is 3. The van der Waals surface area contributed by atoms with E-state index in [4.69, 9.17) is 0 Å². The molecule has 2 amide bonds. The molecule has 5 heteroatoms. The van der Waals surface area contributed by atoms with Crippen molar-refractivity contribution in [3.05, 3.63) is 0 Å². The Bertz CT molecular complexity index is 350. The molecular formula is C16H30N2O3. The number of aliphatic hydroxyl groups excluding tert-OH is 1. The average molecular weight is 298 g/mol. The molecule has 0 aromatic heterocycles. The second kappa shape index (κ2) is 8.37. The number of carbonyl (C=O) groups is 2. The van der Waals surface area contributed by atoms with Gasteiger partial charge in [0.15, 0.2) is 0 Å². The van der Waals surface area contributed by atoms with Crippen LogP contribution in [0.1, 0.15) is 59.3 Å². The van der Waals surface area contributed by atoms with Gasteiger partial charge in [-0.05, 0) is 19.3 Å². The quantitative estimate of drug-likeness (QED) is 0.652. The predicted octanol–water partition coefficient (Wildman–Crippen LogP) is 1.60. The minimum Gasteiger partial charge on any atom is -0.393 e. The van der Waals surface area contributed by atoms with E-state index in [2.05, 4.69) is 10.6 Å². The van der Waals surface area contributed by atoms with Gasteiger partial charge in [0.25, 0.3) is 0 Å². The molecule has 2 atom stereocenters. The van der Waals surface area contributed by atoms with Crippen LogP contribution in [0.2, 0.25) is 0 Å². The van der Waals surface area contributed by atoms with Gasteiger partial charge in [0.2, 0.25) is 11.8 Å². The number of nitrogens with one attached hydrogen (secondary N) is 2. The summed E-state index contributed by atoms with van der Waals surface area (Å²) in [6, 6.07) is 0. The van der Waals surface area contributed by atoms with E-state index in [-0.39, 0.29) is 29.3 Å². The molecule has 1 aliphatic rings. The van der Waals surface area contributed by atoms with Crippen LogP contribution < -0.4 is 10.6 Å². The normalized spacial score (nSPS) is 22.7. The number of aliphatic hydroxyl groups is 1. The summed E-state index contributed by atoms with van der Waals surface area (Å²) in [7, 11) is 0. The predicted molar refractivity (Wildman–Crippen MR) is 82.7 cm³/mol. The maximum atomic E-state index is 11.7. The van der Waals surface area contributed by atoms with E-state index in [1.165, 1.54) is 0 Å². The Labute approximate surface area is 127 Å². The van der Waals surface area contributed by atoms with E-state index < -0.39 is 0 Å². The Kier molecular flexibility index (Phi) is 7.15. The molecule has 1 aliphatic carbocycles. The Morgan fingerprint density at radius 2 is 1.81 bits per heavy atom. The Balaban J connectivity index is 2.10. The number of rotatable bonds is 6. The molecule has 0 heterocycles. The smallest absolute Gasteiger partial charge is 0.225 e. The lowest BCUT2D eigenvalue weighted by atomic mass is 9.86. The third-order valence-corrected chi connectivity index (χ3v) is 3.98. The van der Waals surface area contributed by atoms with Crippen LogP contribution in [0.15, 0.2) is 0 Å². The first kappa shape index (κ1) is 18.0. The first-order chi connectivity index (χ1) is 9.80. The van der Waals surface area contributed by atoms with Crippen molar-refractivity contribution in [3.63, 3.8) is 0 Å². The standard InChI is InChI=1S/C16H30N2O3/c1-16(2,3)15(21)17-10-6-9-14(20)18-11-12-7-4-5-8-13(12)19/h12-13,19H,4-11H2,1-3H3,(H,17,21)(H,18,20). The van der Waals surface area contributed by atoms with E-state index in [1.54, 1.807) is 0 Å². The molecule has 0 aromatic carbocycles.